The molecule has 0 bridgehead atoms. The zero-order valence-electron chi connectivity index (χ0n) is 13.5. The van der Waals surface area contributed by atoms with Gasteiger partial charge in [-0.05, 0) is 50.9 Å². The van der Waals surface area contributed by atoms with Crippen LogP contribution in [-0.4, -0.2) is 25.1 Å². The number of hydrogen-bond acceptors (Lipinski definition) is 3. The molecule has 1 unspecified atom stereocenters. The first kappa shape index (κ1) is 18.8. The van der Waals surface area contributed by atoms with Crippen molar-refractivity contribution >= 4 is 24.0 Å². The summed E-state index contributed by atoms with van der Waals surface area (Å²) in [5.41, 5.74) is 7.54. The smallest absolute Gasteiger partial charge is 0.227 e. The number of hydrogen-bond donors (Lipinski definition) is 1. The average Bonchev–Trinajstić information content (AvgIpc) is 2.45. The number of halogens is 1. The number of aryl methyl sites for hydroxylation is 1. The molecule has 1 heterocycles. The van der Waals surface area contributed by atoms with Gasteiger partial charge in [-0.2, -0.15) is 0 Å². The summed E-state index contributed by atoms with van der Waals surface area (Å²) in [6, 6.07) is 6.02. The van der Waals surface area contributed by atoms with Gasteiger partial charge in [0.25, 0.3) is 0 Å². The van der Waals surface area contributed by atoms with Crippen LogP contribution in [0.3, 0.4) is 0 Å². The minimum atomic E-state index is 0. The molecular weight excluding hydrogens is 300 g/mol. The first-order valence-electron chi connectivity index (χ1n) is 7.89. The summed E-state index contributed by atoms with van der Waals surface area (Å²) in [5.74, 6) is 1.02. The van der Waals surface area contributed by atoms with Crippen LogP contribution in [0, 0.1) is 6.92 Å². The standard InChI is InChI=1S/C17H26N2O2.ClH/c1-13-8-9-15-16(11-13)21-14(2)12-19(15)17(20)7-5-3-4-6-10-18;/h8-9,11,14H,3-7,10,12,18H2,1-2H3;1H. The number of unbranched alkanes of at least 4 members (excludes halogenated alkanes) is 3. The Hall–Kier alpha value is -1.26. The van der Waals surface area contributed by atoms with Crippen molar-refractivity contribution in [3.05, 3.63) is 23.8 Å². The molecule has 1 amide bonds. The van der Waals surface area contributed by atoms with E-state index in [1.165, 1.54) is 0 Å². The highest BCUT2D eigenvalue weighted by Gasteiger charge is 2.27. The molecule has 0 radical (unpaired) electrons. The van der Waals surface area contributed by atoms with E-state index in [2.05, 4.69) is 0 Å². The molecule has 1 aromatic carbocycles. The molecule has 0 aromatic heterocycles. The summed E-state index contributed by atoms with van der Waals surface area (Å²) in [5, 5.41) is 0. The minimum absolute atomic E-state index is 0. The summed E-state index contributed by atoms with van der Waals surface area (Å²) in [6.07, 6.45) is 4.81. The van der Waals surface area contributed by atoms with E-state index < -0.39 is 0 Å². The molecule has 124 valence electrons. The van der Waals surface area contributed by atoms with Crippen LogP contribution in [0.1, 0.15) is 44.6 Å². The van der Waals surface area contributed by atoms with E-state index >= 15 is 0 Å². The Morgan fingerprint density at radius 2 is 2.05 bits per heavy atom. The van der Waals surface area contributed by atoms with Gasteiger partial charge in [-0.25, -0.2) is 0 Å². The molecular formula is C17H27ClN2O2. The third-order valence-corrected chi connectivity index (χ3v) is 3.82. The van der Waals surface area contributed by atoms with Crippen LogP contribution in [0.15, 0.2) is 18.2 Å². The van der Waals surface area contributed by atoms with Crippen molar-refractivity contribution in [2.45, 2.75) is 52.1 Å². The van der Waals surface area contributed by atoms with Crippen LogP contribution in [-0.2, 0) is 4.79 Å². The normalized spacial score (nSPS) is 16.5. The lowest BCUT2D eigenvalue weighted by molar-refractivity contribution is -0.119. The lowest BCUT2D eigenvalue weighted by Gasteiger charge is -2.33. The number of carbonyl (C=O) groups excluding carboxylic acids is 1. The van der Waals surface area contributed by atoms with Gasteiger partial charge in [-0.1, -0.05) is 18.9 Å². The highest BCUT2D eigenvalue weighted by Crippen LogP contribution is 2.34. The second kappa shape index (κ2) is 9.01. The van der Waals surface area contributed by atoms with Crippen molar-refractivity contribution in [2.24, 2.45) is 5.73 Å². The van der Waals surface area contributed by atoms with E-state index in [0.29, 0.717) is 13.0 Å². The number of nitrogens with zero attached hydrogens (tertiary/aromatic N) is 1. The van der Waals surface area contributed by atoms with Crippen molar-refractivity contribution < 1.29 is 9.53 Å². The Labute approximate surface area is 139 Å². The Balaban J connectivity index is 0.00000242. The summed E-state index contributed by atoms with van der Waals surface area (Å²) < 4.78 is 5.84. The van der Waals surface area contributed by atoms with E-state index in [9.17, 15) is 4.79 Å². The maximum Gasteiger partial charge on any atom is 0.227 e. The number of benzene rings is 1. The maximum absolute atomic E-state index is 12.5. The van der Waals surface area contributed by atoms with Crippen LogP contribution in [0.5, 0.6) is 5.75 Å². The summed E-state index contributed by atoms with van der Waals surface area (Å²) >= 11 is 0. The third-order valence-electron chi connectivity index (χ3n) is 3.82. The van der Waals surface area contributed by atoms with E-state index in [0.717, 1.165) is 49.2 Å². The highest BCUT2D eigenvalue weighted by atomic mass is 35.5. The topological polar surface area (TPSA) is 55.6 Å². The summed E-state index contributed by atoms with van der Waals surface area (Å²) in [6.45, 7) is 5.42. The first-order valence-corrected chi connectivity index (χ1v) is 7.89. The van der Waals surface area contributed by atoms with Crippen LogP contribution < -0.4 is 15.4 Å². The summed E-state index contributed by atoms with van der Waals surface area (Å²) in [4.78, 5) is 14.4. The Morgan fingerprint density at radius 3 is 2.77 bits per heavy atom. The van der Waals surface area contributed by atoms with Crippen LogP contribution in [0.25, 0.3) is 0 Å². The van der Waals surface area contributed by atoms with Crippen molar-refractivity contribution in [2.75, 3.05) is 18.0 Å². The minimum Gasteiger partial charge on any atom is -0.487 e. The number of ether oxygens (including phenoxy) is 1. The van der Waals surface area contributed by atoms with Gasteiger partial charge in [0.1, 0.15) is 11.9 Å². The fourth-order valence-corrected chi connectivity index (χ4v) is 2.69. The van der Waals surface area contributed by atoms with Gasteiger partial charge < -0.3 is 15.4 Å². The zero-order chi connectivity index (χ0) is 15.2. The van der Waals surface area contributed by atoms with Crippen LogP contribution >= 0.6 is 12.4 Å². The molecule has 1 atom stereocenters. The molecule has 22 heavy (non-hydrogen) atoms. The highest BCUT2D eigenvalue weighted by molar-refractivity contribution is 5.95. The van der Waals surface area contributed by atoms with Crippen molar-refractivity contribution in [1.29, 1.82) is 0 Å². The number of anilines is 1. The molecule has 2 rings (SSSR count). The van der Waals surface area contributed by atoms with Crippen LogP contribution in [0.4, 0.5) is 5.69 Å². The monoisotopic (exact) mass is 326 g/mol. The molecule has 4 nitrogen and oxygen atoms in total. The lowest BCUT2D eigenvalue weighted by Crippen LogP contribution is -2.42. The first-order chi connectivity index (χ1) is 10.1. The number of amides is 1. The van der Waals surface area contributed by atoms with Crippen LogP contribution in [0.2, 0.25) is 0 Å². The van der Waals surface area contributed by atoms with E-state index in [1.54, 1.807) is 0 Å². The number of nitrogens with two attached hydrogens (primary N) is 1. The van der Waals surface area contributed by atoms with E-state index in [1.807, 2.05) is 36.9 Å². The Bertz CT molecular complexity index is 494. The SMILES string of the molecule is Cc1ccc2c(c1)OC(C)CN2C(=O)CCCCCCN.Cl. The predicted molar refractivity (Wildman–Crippen MR) is 93.0 cm³/mol. The molecule has 5 heteroatoms. The number of carbonyl (C=O) groups is 1. The zero-order valence-corrected chi connectivity index (χ0v) is 14.3. The van der Waals surface area contributed by atoms with Crippen molar-refractivity contribution in [3.63, 3.8) is 0 Å². The Morgan fingerprint density at radius 1 is 1.32 bits per heavy atom. The third kappa shape index (κ3) is 4.89. The van der Waals surface area contributed by atoms with Gasteiger partial charge in [0.2, 0.25) is 5.91 Å². The molecule has 0 aliphatic carbocycles. The van der Waals surface area contributed by atoms with Gasteiger partial charge in [0.05, 0.1) is 12.2 Å². The average molecular weight is 327 g/mol. The lowest BCUT2D eigenvalue weighted by atomic mass is 10.1. The van der Waals surface area contributed by atoms with E-state index in [4.69, 9.17) is 10.5 Å². The van der Waals surface area contributed by atoms with Crippen molar-refractivity contribution in [1.82, 2.24) is 0 Å². The van der Waals surface area contributed by atoms with Gasteiger partial charge in [0, 0.05) is 6.42 Å². The molecule has 1 aromatic rings. The van der Waals surface area contributed by atoms with E-state index in [-0.39, 0.29) is 24.4 Å². The number of rotatable bonds is 6. The molecule has 1 aliphatic heterocycles. The largest absolute Gasteiger partial charge is 0.487 e. The fraction of sp³-hybridized carbons (Fsp3) is 0.588. The molecule has 0 saturated heterocycles. The van der Waals surface area contributed by atoms with Gasteiger partial charge >= 0.3 is 0 Å². The fourth-order valence-electron chi connectivity index (χ4n) is 2.69. The molecule has 0 saturated carbocycles. The second-order valence-corrected chi connectivity index (χ2v) is 5.86. The maximum atomic E-state index is 12.5. The number of fused-ring (bicyclic) bond motifs is 1. The summed E-state index contributed by atoms with van der Waals surface area (Å²) in [7, 11) is 0. The molecule has 0 spiro atoms. The molecule has 1 aliphatic rings. The van der Waals surface area contributed by atoms with Crippen molar-refractivity contribution in [3.8, 4) is 5.75 Å². The molecule has 0 fully saturated rings. The Kier molecular flexibility index (Phi) is 7.69. The van der Waals surface area contributed by atoms with Gasteiger partial charge in [-0.15, -0.1) is 12.4 Å². The predicted octanol–water partition coefficient (Wildman–Crippen LogP) is 3.44. The molecule has 2 N–H and O–H groups in total. The van der Waals surface area contributed by atoms with Gasteiger partial charge in [-0.3, -0.25) is 4.79 Å². The van der Waals surface area contributed by atoms with Gasteiger partial charge in [0.15, 0.2) is 0 Å². The quantitative estimate of drug-likeness (QED) is 0.815. The second-order valence-electron chi connectivity index (χ2n) is 5.86.